The second-order valence-electron chi connectivity index (χ2n) is 7.42. The predicted octanol–water partition coefficient (Wildman–Crippen LogP) is 4.97. The van der Waals surface area contributed by atoms with E-state index in [4.69, 9.17) is 11.6 Å². The van der Waals surface area contributed by atoms with Crippen molar-refractivity contribution in [3.05, 3.63) is 29.3 Å². The highest BCUT2D eigenvalue weighted by atomic mass is 35.5. The molecule has 5 nitrogen and oxygen atoms in total. The van der Waals surface area contributed by atoms with Crippen LogP contribution >= 0.6 is 23.4 Å². The van der Waals surface area contributed by atoms with Crippen molar-refractivity contribution in [2.45, 2.75) is 57.1 Å². The van der Waals surface area contributed by atoms with Crippen LogP contribution in [0.1, 0.15) is 52.0 Å². The zero-order chi connectivity index (χ0) is 19.2. The number of aromatic nitrogens is 3. The molecule has 1 aromatic carbocycles. The van der Waals surface area contributed by atoms with Gasteiger partial charge in [0, 0.05) is 18.2 Å². The standard InChI is InChI=1S/C20H27ClN4OS/c1-14(2)11-12-22-18(26)13-27-20-24-23-19(16-9-5-6-10-17(16)21)25(20)15-7-3-4-8-15/h5-6,9-10,14-15H,3-4,7-8,11-13H2,1-2H3,(H,22,26). The minimum Gasteiger partial charge on any atom is -0.355 e. The molecular formula is C20H27ClN4OS. The van der Waals surface area contributed by atoms with Crippen LogP contribution in [0.5, 0.6) is 0 Å². The van der Waals surface area contributed by atoms with Gasteiger partial charge in [-0.1, -0.05) is 62.2 Å². The van der Waals surface area contributed by atoms with Crippen molar-refractivity contribution < 1.29 is 4.79 Å². The summed E-state index contributed by atoms with van der Waals surface area (Å²) in [4.78, 5) is 12.2. The number of hydrogen-bond donors (Lipinski definition) is 1. The highest BCUT2D eigenvalue weighted by Gasteiger charge is 2.26. The second kappa shape index (κ2) is 9.60. The normalized spacial score (nSPS) is 14.8. The van der Waals surface area contributed by atoms with Crippen LogP contribution in [0.2, 0.25) is 5.02 Å². The van der Waals surface area contributed by atoms with Gasteiger partial charge in [0.25, 0.3) is 0 Å². The molecule has 1 fully saturated rings. The van der Waals surface area contributed by atoms with Crippen LogP contribution in [0.3, 0.4) is 0 Å². The van der Waals surface area contributed by atoms with Crippen molar-refractivity contribution in [3.8, 4) is 11.4 Å². The first-order valence-electron chi connectivity index (χ1n) is 9.65. The summed E-state index contributed by atoms with van der Waals surface area (Å²) in [5, 5.41) is 13.3. The summed E-state index contributed by atoms with van der Waals surface area (Å²) >= 11 is 7.86. The number of carbonyl (C=O) groups is 1. The van der Waals surface area contributed by atoms with E-state index >= 15 is 0 Å². The number of nitrogens with zero attached hydrogens (tertiary/aromatic N) is 3. The lowest BCUT2D eigenvalue weighted by atomic mass is 10.1. The van der Waals surface area contributed by atoms with Gasteiger partial charge >= 0.3 is 0 Å². The molecule has 146 valence electrons. The van der Waals surface area contributed by atoms with Crippen LogP contribution in [-0.2, 0) is 4.79 Å². The molecule has 2 aromatic rings. The van der Waals surface area contributed by atoms with Crippen LogP contribution < -0.4 is 5.32 Å². The molecule has 1 aromatic heterocycles. The Morgan fingerprint density at radius 1 is 1.30 bits per heavy atom. The molecule has 0 bridgehead atoms. The monoisotopic (exact) mass is 406 g/mol. The third-order valence-electron chi connectivity index (χ3n) is 4.85. The molecule has 1 aliphatic carbocycles. The average Bonchev–Trinajstić information content (AvgIpc) is 3.29. The Hall–Kier alpha value is -1.53. The van der Waals surface area contributed by atoms with Gasteiger partial charge in [-0.15, -0.1) is 10.2 Å². The topological polar surface area (TPSA) is 59.8 Å². The molecular weight excluding hydrogens is 380 g/mol. The van der Waals surface area contributed by atoms with Gasteiger partial charge in [0.1, 0.15) is 0 Å². The quantitative estimate of drug-likeness (QED) is 0.629. The summed E-state index contributed by atoms with van der Waals surface area (Å²) in [6, 6.07) is 8.10. The molecule has 1 saturated carbocycles. The number of halogens is 1. The first-order chi connectivity index (χ1) is 13.1. The van der Waals surface area contributed by atoms with E-state index in [0.717, 1.165) is 42.4 Å². The number of nitrogens with one attached hydrogen (secondary N) is 1. The summed E-state index contributed by atoms with van der Waals surface area (Å²) in [5.41, 5.74) is 0.895. The van der Waals surface area contributed by atoms with Gasteiger partial charge < -0.3 is 5.32 Å². The van der Waals surface area contributed by atoms with Crippen LogP contribution in [0.4, 0.5) is 0 Å². The Bertz CT molecular complexity index is 771. The molecule has 0 saturated heterocycles. The van der Waals surface area contributed by atoms with Gasteiger partial charge in [-0.3, -0.25) is 9.36 Å². The van der Waals surface area contributed by atoms with Crippen molar-refractivity contribution in [1.82, 2.24) is 20.1 Å². The highest BCUT2D eigenvalue weighted by Crippen LogP contribution is 2.38. The van der Waals surface area contributed by atoms with Crippen LogP contribution in [0, 0.1) is 5.92 Å². The van der Waals surface area contributed by atoms with E-state index < -0.39 is 0 Å². The fourth-order valence-corrected chi connectivity index (χ4v) is 4.43. The molecule has 0 radical (unpaired) electrons. The van der Waals surface area contributed by atoms with Gasteiger partial charge in [-0.2, -0.15) is 0 Å². The highest BCUT2D eigenvalue weighted by molar-refractivity contribution is 7.99. The Morgan fingerprint density at radius 3 is 2.74 bits per heavy atom. The third-order valence-corrected chi connectivity index (χ3v) is 6.12. The van der Waals surface area contributed by atoms with Crippen molar-refractivity contribution in [1.29, 1.82) is 0 Å². The molecule has 1 amide bonds. The molecule has 0 spiro atoms. The largest absolute Gasteiger partial charge is 0.355 e. The van der Waals surface area contributed by atoms with Crippen molar-refractivity contribution >= 4 is 29.3 Å². The van der Waals surface area contributed by atoms with Gasteiger partial charge in [0.05, 0.1) is 10.8 Å². The van der Waals surface area contributed by atoms with Crippen molar-refractivity contribution in [2.75, 3.05) is 12.3 Å². The number of benzene rings is 1. The van der Waals surface area contributed by atoms with Gasteiger partial charge in [-0.05, 0) is 37.3 Å². The number of thioether (sulfide) groups is 1. The van der Waals surface area contributed by atoms with Crippen LogP contribution in [0.15, 0.2) is 29.4 Å². The number of hydrogen-bond acceptors (Lipinski definition) is 4. The smallest absolute Gasteiger partial charge is 0.230 e. The Balaban J connectivity index is 1.75. The molecule has 0 unspecified atom stereocenters. The number of rotatable bonds is 8. The number of amides is 1. The van der Waals surface area contributed by atoms with E-state index in [-0.39, 0.29) is 5.91 Å². The summed E-state index contributed by atoms with van der Waals surface area (Å²) in [6.45, 7) is 5.03. The minimum atomic E-state index is 0.0425. The summed E-state index contributed by atoms with van der Waals surface area (Å²) in [5.74, 6) is 1.78. The third kappa shape index (κ3) is 5.26. The fraction of sp³-hybridized carbons (Fsp3) is 0.550. The van der Waals surface area contributed by atoms with E-state index in [1.165, 1.54) is 24.6 Å². The molecule has 1 N–H and O–H groups in total. The SMILES string of the molecule is CC(C)CCNC(=O)CSc1nnc(-c2ccccc2Cl)n1C1CCCC1. The van der Waals surface area contributed by atoms with Gasteiger partial charge in [-0.25, -0.2) is 0 Å². The maximum absolute atomic E-state index is 12.2. The fourth-order valence-electron chi connectivity index (χ4n) is 3.37. The summed E-state index contributed by atoms with van der Waals surface area (Å²) in [6.07, 6.45) is 5.65. The molecule has 0 aliphatic heterocycles. The Labute approximate surface area is 170 Å². The summed E-state index contributed by atoms with van der Waals surface area (Å²) in [7, 11) is 0. The van der Waals surface area contributed by atoms with E-state index in [1.807, 2.05) is 24.3 Å². The molecule has 0 atom stereocenters. The van der Waals surface area contributed by atoms with Crippen molar-refractivity contribution in [2.24, 2.45) is 5.92 Å². The zero-order valence-electron chi connectivity index (χ0n) is 15.9. The molecule has 7 heteroatoms. The Kier molecular flexibility index (Phi) is 7.19. The average molecular weight is 407 g/mol. The van der Waals surface area contributed by atoms with E-state index in [1.54, 1.807) is 0 Å². The maximum atomic E-state index is 12.2. The van der Waals surface area contributed by atoms with Gasteiger partial charge in [0.2, 0.25) is 5.91 Å². The predicted molar refractivity (Wildman–Crippen MR) is 111 cm³/mol. The lowest BCUT2D eigenvalue weighted by Gasteiger charge is -2.17. The lowest BCUT2D eigenvalue weighted by molar-refractivity contribution is -0.118. The Morgan fingerprint density at radius 2 is 2.04 bits per heavy atom. The molecule has 3 rings (SSSR count). The molecule has 1 heterocycles. The van der Waals surface area contributed by atoms with Gasteiger partial charge in [0.15, 0.2) is 11.0 Å². The van der Waals surface area contributed by atoms with E-state index in [0.29, 0.717) is 22.7 Å². The first-order valence-corrected chi connectivity index (χ1v) is 11.0. The van der Waals surface area contributed by atoms with Crippen molar-refractivity contribution in [3.63, 3.8) is 0 Å². The number of carbonyl (C=O) groups excluding carboxylic acids is 1. The summed E-state index contributed by atoms with van der Waals surface area (Å²) < 4.78 is 2.19. The minimum absolute atomic E-state index is 0.0425. The second-order valence-corrected chi connectivity index (χ2v) is 8.77. The maximum Gasteiger partial charge on any atom is 0.230 e. The van der Waals surface area contributed by atoms with Crippen LogP contribution in [0.25, 0.3) is 11.4 Å². The first kappa shape index (κ1) is 20.2. The molecule has 1 aliphatic rings. The van der Waals surface area contributed by atoms with E-state index in [9.17, 15) is 4.79 Å². The lowest BCUT2D eigenvalue weighted by Crippen LogP contribution is -2.27. The molecule has 27 heavy (non-hydrogen) atoms. The van der Waals surface area contributed by atoms with E-state index in [2.05, 4.69) is 33.9 Å². The van der Waals surface area contributed by atoms with Crippen LogP contribution in [-0.4, -0.2) is 33.0 Å². The zero-order valence-corrected chi connectivity index (χ0v) is 17.5.